The number of urea groups is 1. The van der Waals surface area contributed by atoms with Crippen LogP contribution in [-0.2, 0) is 0 Å². The number of halogens is 1. The number of carbonyl (C=O) groups excluding carboxylic acids is 1. The Kier molecular flexibility index (Phi) is 5.78. The van der Waals surface area contributed by atoms with Gasteiger partial charge in [-0.25, -0.2) is 9.78 Å². The summed E-state index contributed by atoms with van der Waals surface area (Å²) in [6.45, 7) is 5.81. The quantitative estimate of drug-likeness (QED) is 0.838. The van der Waals surface area contributed by atoms with Crippen molar-refractivity contribution in [3.8, 4) is 5.75 Å². The van der Waals surface area contributed by atoms with Crippen LogP contribution in [0.4, 0.5) is 14.9 Å². The number of amides is 2. The molecule has 27 heavy (non-hydrogen) atoms. The standard InChI is InChI=1S/C20H25FN4O2/c1-14-13-24(17-7-8-22-19(21)12-17)9-10-25(14)20(26)23-15(2)16-5-4-6-18(11-16)27-3/h4-8,11-12,14-15H,9-10,13H2,1-3H3,(H,23,26)/t14?,15-/m1/s1. The third-order valence-corrected chi connectivity index (χ3v) is 4.90. The summed E-state index contributed by atoms with van der Waals surface area (Å²) in [7, 11) is 1.62. The van der Waals surface area contributed by atoms with Crippen molar-refractivity contribution in [3.63, 3.8) is 0 Å². The largest absolute Gasteiger partial charge is 0.497 e. The van der Waals surface area contributed by atoms with E-state index in [-0.39, 0.29) is 18.1 Å². The van der Waals surface area contributed by atoms with Crippen LogP contribution in [0.15, 0.2) is 42.6 Å². The monoisotopic (exact) mass is 372 g/mol. The van der Waals surface area contributed by atoms with E-state index in [0.717, 1.165) is 17.0 Å². The van der Waals surface area contributed by atoms with Crippen LogP contribution in [0.25, 0.3) is 0 Å². The Morgan fingerprint density at radius 1 is 1.33 bits per heavy atom. The molecule has 3 rings (SSSR count). The number of piperazine rings is 1. The van der Waals surface area contributed by atoms with Crippen LogP contribution in [0.2, 0.25) is 0 Å². The Bertz CT molecular complexity index is 801. The van der Waals surface area contributed by atoms with Crippen LogP contribution >= 0.6 is 0 Å². The van der Waals surface area contributed by atoms with Gasteiger partial charge in [0.15, 0.2) is 0 Å². The lowest BCUT2D eigenvalue weighted by atomic mass is 10.1. The molecule has 1 saturated heterocycles. The number of methoxy groups -OCH3 is 1. The van der Waals surface area contributed by atoms with Gasteiger partial charge in [-0.05, 0) is 37.6 Å². The lowest BCUT2D eigenvalue weighted by molar-refractivity contribution is 0.168. The topological polar surface area (TPSA) is 57.7 Å². The van der Waals surface area contributed by atoms with E-state index >= 15 is 0 Å². The van der Waals surface area contributed by atoms with Crippen LogP contribution in [-0.4, -0.2) is 48.7 Å². The molecule has 0 spiro atoms. The number of benzene rings is 1. The molecule has 144 valence electrons. The summed E-state index contributed by atoms with van der Waals surface area (Å²) >= 11 is 0. The average molecular weight is 372 g/mol. The molecule has 1 fully saturated rings. The predicted molar refractivity (Wildman–Crippen MR) is 103 cm³/mol. The van der Waals surface area contributed by atoms with Gasteiger partial charge < -0.3 is 19.9 Å². The van der Waals surface area contributed by atoms with Gasteiger partial charge in [0.25, 0.3) is 0 Å². The Hall–Kier alpha value is -2.83. The van der Waals surface area contributed by atoms with Crippen molar-refractivity contribution in [2.45, 2.75) is 25.9 Å². The number of nitrogens with zero attached hydrogens (tertiary/aromatic N) is 3. The van der Waals surface area contributed by atoms with E-state index in [4.69, 9.17) is 4.74 Å². The minimum atomic E-state index is -0.493. The molecule has 0 radical (unpaired) electrons. The van der Waals surface area contributed by atoms with E-state index in [0.29, 0.717) is 19.6 Å². The number of pyridine rings is 1. The summed E-state index contributed by atoms with van der Waals surface area (Å²) in [5.74, 6) is 0.271. The van der Waals surface area contributed by atoms with E-state index < -0.39 is 5.95 Å². The average Bonchev–Trinajstić information content (AvgIpc) is 2.67. The van der Waals surface area contributed by atoms with Crippen LogP contribution in [0.3, 0.4) is 0 Å². The van der Waals surface area contributed by atoms with Gasteiger partial charge >= 0.3 is 6.03 Å². The van der Waals surface area contributed by atoms with Crippen LogP contribution < -0.4 is 15.0 Å². The number of ether oxygens (including phenoxy) is 1. The number of anilines is 1. The summed E-state index contributed by atoms with van der Waals surface area (Å²) in [5, 5.41) is 3.05. The van der Waals surface area contributed by atoms with Gasteiger partial charge in [-0.1, -0.05) is 12.1 Å². The molecule has 1 aliphatic heterocycles. The van der Waals surface area contributed by atoms with Gasteiger partial charge in [0.05, 0.1) is 13.2 Å². The first kappa shape index (κ1) is 18.9. The fourth-order valence-electron chi connectivity index (χ4n) is 3.35. The molecule has 1 aromatic carbocycles. The fourth-order valence-corrected chi connectivity index (χ4v) is 3.35. The van der Waals surface area contributed by atoms with E-state index in [9.17, 15) is 9.18 Å². The second-order valence-corrected chi connectivity index (χ2v) is 6.77. The van der Waals surface area contributed by atoms with Gasteiger partial charge in [0.2, 0.25) is 5.95 Å². The SMILES string of the molecule is COc1cccc([C@@H](C)NC(=O)N2CCN(c3ccnc(F)c3)CC2C)c1. The smallest absolute Gasteiger partial charge is 0.318 e. The lowest BCUT2D eigenvalue weighted by Crippen LogP contribution is -2.56. The zero-order valence-electron chi connectivity index (χ0n) is 15.9. The van der Waals surface area contributed by atoms with E-state index in [1.807, 2.05) is 43.0 Å². The second kappa shape index (κ2) is 8.24. The van der Waals surface area contributed by atoms with Crippen molar-refractivity contribution < 1.29 is 13.9 Å². The van der Waals surface area contributed by atoms with E-state index in [2.05, 4.69) is 15.2 Å². The van der Waals surface area contributed by atoms with Gasteiger partial charge in [-0.3, -0.25) is 0 Å². The summed E-state index contributed by atoms with van der Waals surface area (Å²) in [6.07, 6.45) is 1.46. The Labute approximate surface area is 158 Å². The molecule has 0 saturated carbocycles. The Morgan fingerprint density at radius 2 is 2.15 bits per heavy atom. The maximum Gasteiger partial charge on any atom is 0.318 e. The minimum Gasteiger partial charge on any atom is -0.497 e. The highest BCUT2D eigenvalue weighted by atomic mass is 19.1. The molecule has 2 aromatic rings. The van der Waals surface area contributed by atoms with Crippen LogP contribution in [0.1, 0.15) is 25.5 Å². The molecule has 0 bridgehead atoms. The van der Waals surface area contributed by atoms with Gasteiger partial charge in [-0.15, -0.1) is 0 Å². The Balaban J connectivity index is 1.61. The normalized spacial score (nSPS) is 18.1. The van der Waals surface area contributed by atoms with Crippen molar-refractivity contribution in [2.75, 3.05) is 31.6 Å². The van der Waals surface area contributed by atoms with Crippen LogP contribution in [0, 0.1) is 5.95 Å². The molecule has 0 aliphatic carbocycles. The highest BCUT2D eigenvalue weighted by molar-refractivity contribution is 5.75. The zero-order chi connectivity index (χ0) is 19.4. The maximum atomic E-state index is 13.4. The van der Waals surface area contributed by atoms with Crippen molar-refractivity contribution in [1.82, 2.24) is 15.2 Å². The first-order valence-corrected chi connectivity index (χ1v) is 9.05. The number of aromatic nitrogens is 1. The summed E-state index contributed by atoms with van der Waals surface area (Å²) < 4.78 is 18.6. The van der Waals surface area contributed by atoms with Crippen molar-refractivity contribution in [1.29, 1.82) is 0 Å². The fraction of sp³-hybridized carbons (Fsp3) is 0.400. The maximum absolute atomic E-state index is 13.4. The highest BCUT2D eigenvalue weighted by Gasteiger charge is 2.28. The van der Waals surface area contributed by atoms with E-state index in [1.54, 1.807) is 13.2 Å². The second-order valence-electron chi connectivity index (χ2n) is 6.77. The van der Waals surface area contributed by atoms with Crippen molar-refractivity contribution in [3.05, 3.63) is 54.1 Å². The van der Waals surface area contributed by atoms with Crippen molar-refractivity contribution in [2.24, 2.45) is 0 Å². The number of rotatable bonds is 4. The summed E-state index contributed by atoms with van der Waals surface area (Å²) in [5.41, 5.74) is 1.78. The zero-order valence-corrected chi connectivity index (χ0v) is 15.9. The molecule has 2 heterocycles. The predicted octanol–water partition coefficient (Wildman–Crippen LogP) is 3.21. The molecule has 1 unspecified atom stereocenters. The number of hydrogen-bond donors (Lipinski definition) is 1. The number of nitrogens with one attached hydrogen (secondary N) is 1. The van der Waals surface area contributed by atoms with Gasteiger partial charge in [0.1, 0.15) is 5.75 Å². The number of hydrogen-bond acceptors (Lipinski definition) is 4. The first-order chi connectivity index (χ1) is 13.0. The third-order valence-electron chi connectivity index (χ3n) is 4.90. The van der Waals surface area contributed by atoms with Crippen molar-refractivity contribution >= 4 is 11.7 Å². The molecule has 7 heteroatoms. The molecule has 2 amide bonds. The molecule has 1 N–H and O–H groups in total. The Morgan fingerprint density at radius 3 is 2.85 bits per heavy atom. The highest BCUT2D eigenvalue weighted by Crippen LogP contribution is 2.21. The summed E-state index contributed by atoms with van der Waals surface area (Å²) in [6, 6.07) is 10.7. The molecule has 1 aliphatic rings. The molecule has 6 nitrogen and oxygen atoms in total. The molecule has 2 atom stereocenters. The number of carbonyl (C=O) groups is 1. The van der Waals surface area contributed by atoms with Gasteiger partial charge in [0, 0.05) is 43.6 Å². The minimum absolute atomic E-state index is 0.00693. The van der Waals surface area contributed by atoms with Gasteiger partial charge in [-0.2, -0.15) is 4.39 Å². The van der Waals surface area contributed by atoms with E-state index in [1.165, 1.54) is 12.3 Å². The first-order valence-electron chi connectivity index (χ1n) is 9.05. The molecular formula is C20H25FN4O2. The summed E-state index contributed by atoms with van der Waals surface area (Å²) in [4.78, 5) is 20.2. The molecule has 1 aromatic heterocycles. The molecular weight excluding hydrogens is 347 g/mol. The lowest BCUT2D eigenvalue weighted by Gasteiger charge is -2.41. The third kappa shape index (κ3) is 4.48. The van der Waals surface area contributed by atoms with Crippen LogP contribution in [0.5, 0.6) is 5.75 Å².